The summed E-state index contributed by atoms with van der Waals surface area (Å²) in [6, 6.07) is 0.542. The second-order valence-electron chi connectivity index (χ2n) is 11.3. The fourth-order valence-electron chi connectivity index (χ4n) is 6.17. The number of primary amides is 1. The Balaban J connectivity index is 1.28. The lowest BCUT2D eigenvalue weighted by molar-refractivity contribution is -0.922. The van der Waals surface area contributed by atoms with Crippen LogP contribution in [0.4, 0.5) is 0 Å². The Morgan fingerprint density at radius 1 is 1.23 bits per heavy atom. The average Bonchev–Trinajstić information content (AvgIpc) is 3.36. The minimum absolute atomic E-state index is 0.0675. The summed E-state index contributed by atoms with van der Waals surface area (Å²) in [6.07, 6.45) is 7.58. The molecular formula is C22H44N6O2+2. The molecule has 0 aromatic carbocycles. The predicted molar refractivity (Wildman–Crippen MR) is 115 cm³/mol. The van der Waals surface area contributed by atoms with Crippen LogP contribution >= 0.6 is 0 Å². The lowest BCUT2D eigenvalue weighted by Crippen LogP contribution is -3.16. The molecule has 8 nitrogen and oxygen atoms in total. The number of likely N-dealkylation sites (tertiary alicyclic amines) is 2. The Hall–Kier alpha value is -0.770. The summed E-state index contributed by atoms with van der Waals surface area (Å²) in [4.78, 5) is 21.8. The van der Waals surface area contributed by atoms with E-state index in [1.54, 1.807) is 4.90 Å². The van der Waals surface area contributed by atoms with Crippen molar-refractivity contribution in [2.75, 3.05) is 32.7 Å². The Bertz CT molecular complexity index is 589. The van der Waals surface area contributed by atoms with Crippen molar-refractivity contribution in [2.24, 2.45) is 23.0 Å². The van der Waals surface area contributed by atoms with Crippen LogP contribution in [0.1, 0.15) is 59.3 Å². The van der Waals surface area contributed by atoms with Crippen LogP contribution in [-0.2, 0) is 9.63 Å². The van der Waals surface area contributed by atoms with Crippen LogP contribution in [0.2, 0.25) is 0 Å². The number of nitrogens with zero attached hydrogens (tertiary/aromatic N) is 1. The topological polar surface area (TPSA) is 101 Å². The number of nitrogens with one attached hydrogen (secondary N) is 3. The third-order valence-corrected chi connectivity index (χ3v) is 7.72. The fraction of sp³-hybridized carbons (Fsp3) is 0.955. The highest BCUT2D eigenvalue weighted by molar-refractivity contribution is 5.76. The molecule has 7 N–H and O–H groups in total. The molecule has 6 unspecified atom stereocenters. The standard InChI is InChI=1S/C22H42N6O2/c1-22(2,3)14-28-10-4-5-17(28)21-25-20(26-30-21)16-6-9-24-18(13-16)27-11-7-15(8-12-27)19(23)29/h15-18,20-21,24-26H,4-14H2,1-3H3,(H2,23,29)/p+2. The van der Waals surface area contributed by atoms with E-state index < -0.39 is 0 Å². The number of carbonyl (C=O) groups is 1. The molecule has 1 amide bonds. The molecule has 4 rings (SSSR count). The first-order chi connectivity index (χ1) is 14.3. The van der Waals surface area contributed by atoms with Gasteiger partial charge in [-0.1, -0.05) is 20.8 Å². The highest BCUT2D eigenvalue weighted by atomic mass is 16.7. The number of rotatable bonds is 5. The van der Waals surface area contributed by atoms with Crippen LogP contribution in [0.25, 0.3) is 0 Å². The molecule has 0 spiro atoms. The van der Waals surface area contributed by atoms with Gasteiger partial charge in [-0.2, -0.15) is 5.48 Å². The van der Waals surface area contributed by atoms with Gasteiger partial charge in [-0.05, 0) is 12.8 Å². The smallest absolute Gasteiger partial charge is 0.220 e. The van der Waals surface area contributed by atoms with Crippen molar-refractivity contribution in [2.45, 2.75) is 83.9 Å². The molecule has 0 aliphatic carbocycles. The molecule has 4 fully saturated rings. The maximum Gasteiger partial charge on any atom is 0.220 e. The predicted octanol–water partition coefficient (Wildman–Crippen LogP) is -1.65. The number of piperidine rings is 2. The molecule has 8 heteroatoms. The van der Waals surface area contributed by atoms with E-state index >= 15 is 0 Å². The van der Waals surface area contributed by atoms with Crippen LogP contribution in [0.5, 0.6) is 0 Å². The van der Waals surface area contributed by atoms with E-state index in [0.29, 0.717) is 23.5 Å². The SMILES string of the molecule is CC(C)(C)C[NH+]1CCCC1C1NC(C2CC[NH2+]C(N3CCC(C(N)=O)CC3)C2)NO1. The average molecular weight is 425 g/mol. The number of hydrogen-bond donors (Lipinski definition) is 5. The lowest BCUT2D eigenvalue weighted by Gasteiger charge is -2.39. The summed E-state index contributed by atoms with van der Waals surface area (Å²) in [5.74, 6) is 0.515. The minimum atomic E-state index is -0.128. The van der Waals surface area contributed by atoms with Crippen molar-refractivity contribution < 1.29 is 19.8 Å². The highest BCUT2D eigenvalue weighted by Gasteiger charge is 2.45. The molecular weight excluding hydrogens is 380 g/mol. The second-order valence-corrected chi connectivity index (χ2v) is 11.3. The Kier molecular flexibility index (Phi) is 7.01. The molecule has 4 aliphatic heterocycles. The number of nitrogens with two attached hydrogens (primary N) is 2. The monoisotopic (exact) mass is 424 g/mol. The number of quaternary nitrogens is 2. The van der Waals surface area contributed by atoms with Gasteiger partial charge in [0.05, 0.1) is 25.8 Å². The molecule has 6 atom stereocenters. The maximum absolute atomic E-state index is 11.5. The van der Waals surface area contributed by atoms with Gasteiger partial charge in [-0.3, -0.25) is 19.8 Å². The Labute approximate surface area is 181 Å². The van der Waals surface area contributed by atoms with E-state index in [4.69, 9.17) is 10.6 Å². The molecule has 4 saturated heterocycles. The maximum atomic E-state index is 11.5. The molecule has 0 saturated carbocycles. The van der Waals surface area contributed by atoms with E-state index in [0.717, 1.165) is 38.9 Å². The van der Waals surface area contributed by atoms with E-state index in [1.807, 2.05) is 0 Å². The zero-order chi connectivity index (χ0) is 21.3. The second kappa shape index (κ2) is 9.38. The van der Waals surface area contributed by atoms with E-state index in [9.17, 15) is 4.79 Å². The molecule has 4 aliphatic rings. The van der Waals surface area contributed by atoms with E-state index in [-0.39, 0.29) is 24.2 Å². The molecule has 0 aromatic heterocycles. The third kappa shape index (κ3) is 5.34. The number of hydrogen-bond acceptors (Lipinski definition) is 5. The van der Waals surface area contributed by atoms with Gasteiger partial charge in [0.15, 0.2) is 6.23 Å². The van der Waals surface area contributed by atoms with Gasteiger partial charge in [0.1, 0.15) is 12.2 Å². The third-order valence-electron chi connectivity index (χ3n) is 7.72. The van der Waals surface area contributed by atoms with Gasteiger partial charge < -0.3 is 16.0 Å². The molecule has 30 heavy (non-hydrogen) atoms. The van der Waals surface area contributed by atoms with Crippen molar-refractivity contribution in [3.63, 3.8) is 0 Å². The normalized spacial score (nSPS) is 39.4. The largest absolute Gasteiger partial charge is 0.369 e. The summed E-state index contributed by atoms with van der Waals surface area (Å²) in [6.45, 7) is 12.6. The highest BCUT2D eigenvalue weighted by Crippen LogP contribution is 2.25. The zero-order valence-electron chi connectivity index (χ0n) is 19.2. The minimum Gasteiger partial charge on any atom is -0.369 e. The van der Waals surface area contributed by atoms with Crippen molar-refractivity contribution in [3.05, 3.63) is 0 Å². The molecule has 4 heterocycles. The van der Waals surface area contributed by atoms with Gasteiger partial charge >= 0.3 is 0 Å². The van der Waals surface area contributed by atoms with Crippen LogP contribution in [0.15, 0.2) is 0 Å². The first kappa shape index (κ1) is 22.4. The van der Waals surface area contributed by atoms with E-state index in [2.05, 4.69) is 41.8 Å². The molecule has 0 bridgehead atoms. The van der Waals surface area contributed by atoms with Crippen molar-refractivity contribution in [1.29, 1.82) is 0 Å². The number of carbonyl (C=O) groups excluding carboxylic acids is 1. The van der Waals surface area contributed by atoms with Crippen LogP contribution < -0.4 is 26.7 Å². The lowest BCUT2D eigenvalue weighted by atomic mass is 9.90. The molecule has 0 aromatic rings. The Morgan fingerprint density at radius 3 is 2.70 bits per heavy atom. The Morgan fingerprint density at radius 2 is 2.00 bits per heavy atom. The summed E-state index contributed by atoms with van der Waals surface area (Å²) in [7, 11) is 0. The fourth-order valence-corrected chi connectivity index (χ4v) is 6.17. The van der Waals surface area contributed by atoms with Crippen LogP contribution in [0, 0.1) is 17.3 Å². The van der Waals surface area contributed by atoms with Gasteiger partial charge in [0, 0.05) is 56.0 Å². The summed E-state index contributed by atoms with van der Waals surface area (Å²) >= 11 is 0. The first-order valence-electron chi connectivity index (χ1n) is 12.2. The summed E-state index contributed by atoms with van der Waals surface area (Å²) in [5.41, 5.74) is 9.22. The van der Waals surface area contributed by atoms with E-state index in [1.165, 1.54) is 32.4 Å². The summed E-state index contributed by atoms with van der Waals surface area (Å²) in [5, 5.41) is 6.30. The molecule has 0 radical (unpaired) electrons. The van der Waals surface area contributed by atoms with Crippen LogP contribution in [-0.4, -0.2) is 68.1 Å². The van der Waals surface area contributed by atoms with Crippen molar-refractivity contribution in [1.82, 2.24) is 15.7 Å². The zero-order valence-corrected chi connectivity index (χ0v) is 19.2. The molecule has 172 valence electrons. The van der Waals surface area contributed by atoms with Gasteiger partial charge in [0.25, 0.3) is 0 Å². The van der Waals surface area contributed by atoms with Gasteiger partial charge in [-0.25, -0.2) is 0 Å². The first-order valence-corrected chi connectivity index (χ1v) is 12.2. The van der Waals surface area contributed by atoms with Gasteiger partial charge in [-0.15, -0.1) is 0 Å². The summed E-state index contributed by atoms with van der Waals surface area (Å²) < 4.78 is 0. The number of amides is 1. The van der Waals surface area contributed by atoms with Crippen molar-refractivity contribution in [3.8, 4) is 0 Å². The van der Waals surface area contributed by atoms with Crippen molar-refractivity contribution >= 4 is 5.91 Å². The number of hydroxylamine groups is 1. The quantitative estimate of drug-likeness (QED) is 0.364. The van der Waals surface area contributed by atoms with Crippen LogP contribution in [0.3, 0.4) is 0 Å². The van der Waals surface area contributed by atoms with Gasteiger partial charge in [0.2, 0.25) is 5.91 Å².